The van der Waals surface area contributed by atoms with E-state index in [-0.39, 0.29) is 11.3 Å². The Bertz CT molecular complexity index is 868. The van der Waals surface area contributed by atoms with Gasteiger partial charge in [0.25, 0.3) is 0 Å². The molecule has 0 radical (unpaired) electrons. The summed E-state index contributed by atoms with van der Waals surface area (Å²) in [6.07, 6.45) is 1.57. The summed E-state index contributed by atoms with van der Waals surface area (Å²) in [5, 5.41) is 22.6. The molecule has 7 heteroatoms. The average molecular weight is 297 g/mol. The van der Waals surface area contributed by atoms with Gasteiger partial charge in [-0.1, -0.05) is 12.1 Å². The Hall–Kier alpha value is -3.22. The number of hydrogen-bond donors (Lipinski definition) is 2. The van der Waals surface area contributed by atoms with Crippen molar-refractivity contribution in [3.63, 3.8) is 0 Å². The summed E-state index contributed by atoms with van der Waals surface area (Å²) in [5.41, 5.74) is 1.42. The van der Waals surface area contributed by atoms with E-state index in [1.165, 1.54) is 16.8 Å². The van der Waals surface area contributed by atoms with E-state index in [1.54, 1.807) is 30.5 Å². The first-order chi connectivity index (χ1) is 10.6. The van der Waals surface area contributed by atoms with Crippen LogP contribution >= 0.6 is 0 Å². The van der Waals surface area contributed by atoms with Crippen molar-refractivity contribution in [2.24, 2.45) is 0 Å². The summed E-state index contributed by atoms with van der Waals surface area (Å²) < 4.78 is 1.49. The van der Waals surface area contributed by atoms with E-state index in [4.69, 9.17) is 5.11 Å². The number of hydrogen-bond acceptors (Lipinski definition) is 4. The lowest BCUT2D eigenvalue weighted by atomic mass is 10.1. The van der Waals surface area contributed by atoms with Crippen LogP contribution in [0.25, 0.3) is 11.0 Å². The normalized spacial score (nSPS) is 10.7. The standard InChI is InChI=1S/C15H11N3O4/c19-14(20)10-5-3-9(4-6-10)8-18-13-11(2-1-7-16-13)12(17-18)15(21)22/h1-7H,8H2,(H,19,20)(H,21,22). The molecule has 3 aromatic rings. The molecule has 0 spiro atoms. The van der Waals surface area contributed by atoms with E-state index in [1.807, 2.05) is 0 Å². The first-order valence-corrected chi connectivity index (χ1v) is 6.43. The molecule has 110 valence electrons. The molecule has 3 rings (SSSR count). The molecule has 0 bridgehead atoms. The number of rotatable bonds is 4. The highest BCUT2D eigenvalue weighted by molar-refractivity contribution is 6.00. The fourth-order valence-electron chi connectivity index (χ4n) is 2.20. The van der Waals surface area contributed by atoms with Crippen LogP contribution in [0.5, 0.6) is 0 Å². The average Bonchev–Trinajstić information content (AvgIpc) is 2.87. The molecule has 0 aliphatic carbocycles. The molecule has 0 saturated carbocycles. The van der Waals surface area contributed by atoms with E-state index < -0.39 is 11.9 Å². The maximum absolute atomic E-state index is 11.2. The molecule has 1 aromatic carbocycles. The minimum atomic E-state index is -1.11. The molecular weight excluding hydrogens is 286 g/mol. The largest absolute Gasteiger partial charge is 0.478 e. The van der Waals surface area contributed by atoms with Gasteiger partial charge in [0.05, 0.1) is 17.5 Å². The SMILES string of the molecule is O=C(O)c1ccc(Cn2nc(C(=O)O)c3cccnc32)cc1. The van der Waals surface area contributed by atoms with E-state index >= 15 is 0 Å². The smallest absolute Gasteiger partial charge is 0.357 e. The Morgan fingerprint density at radius 3 is 2.41 bits per heavy atom. The summed E-state index contributed by atoms with van der Waals surface area (Å²) in [6, 6.07) is 9.63. The van der Waals surface area contributed by atoms with Crippen LogP contribution < -0.4 is 0 Å². The maximum atomic E-state index is 11.2. The Morgan fingerprint density at radius 2 is 1.77 bits per heavy atom. The molecular formula is C15H11N3O4. The van der Waals surface area contributed by atoms with Crippen molar-refractivity contribution in [3.8, 4) is 0 Å². The summed E-state index contributed by atoms with van der Waals surface area (Å²) in [6.45, 7) is 0.306. The van der Waals surface area contributed by atoms with E-state index in [0.717, 1.165) is 5.56 Å². The predicted octanol–water partition coefficient (Wildman–Crippen LogP) is 1.88. The van der Waals surface area contributed by atoms with Crippen molar-refractivity contribution in [2.45, 2.75) is 6.54 Å². The van der Waals surface area contributed by atoms with Crippen molar-refractivity contribution in [3.05, 3.63) is 59.4 Å². The van der Waals surface area contributed by atoms with Crippen molar-refractivity contribution in [2.75, 3.05) is 0 Å². The van der Waals surface area contributed by atoms with Gasteiger partial charge in [0.2, 0.25) is 0 Å². The first-order valence-electron chi connectivity index (χ1n) is 6.43. The van der Waals surface area contributed by atoms with Crippen molar-refractivity contribution >= 4 is 23.0 Å². The van der Waals surface area contributed by atoms with E-state index in [0.29, 0.717) is 17.6 Å². The second-order valence-corrected chi connectivity index (χ2v) is 4.69. The van der Waals surface area contributed by atoms with E-state index in [9.17, 15) is 14.7 Å². The molecule has 2 heterocycles. The van der Waals surface area contributed by atoms with Gasteiger partial charge in [0, 0.05) is 6.20 Å². The number of carboxylic acids is 2. The molecule has 7 nitrogen and oxygen atoms in total. The maximum Gasteiger partial charge on any atom is 0.357 e. The Balaban J connectivity index is 2.00. The number of nitrogens with zero attached hydrogens (tertiary/aromatic N) is 3. The summed E-state index contributed by atoms with van der Waals surface area (Å²) in [4.78, 5) is 26.2. The summed E-state index contributed by atoms with van der Waals surface area (Å²) >= 11 is 0. The second kappa shape index (κ2) is 5.28. The van der Waals surface area contributed by atoms with Crippen LogP contribution in [0.15, 0.2) is 42.6 Å². The van der Waals surface area contributed by atoms with Crippen LogP contribution in [0, 0.1) is 0 Å². The third kappa shape index (κ3) is 2.39. The molecule has 0 amide bonds. The molecule has 0 saturated heterocycles. The lowest BCUT2D eigenvalue weighted by Gasteiger charge is -2.03. The lowest BCUT2D eigenvalue weighted by Crippen LogP contribution is -2.05. The van der Waals surface area contributed by atoms with Gasteiger partial charge in [-0.25, -0.2) is 19.3 Å². The Kier molecular flexibility index (Phi) is 3.30. The van der Waals surface area contributed by atoms with Crippen LogP contribution in [0.3, 0.4) is 0 Å². The number of aromatic nitrogens is 3. The number of carbonyl (C=O) groups is 2. The zero-order valence-corrected chi connectivity index (χ0v) is 11.3. The fourth-order valence-corrected chi connectivity index (χ4v) is 2.20. The number of benzene rings is 1. The topological polar surface area (TPSA) is 105 Å². The number of aromatic carboxylic acids is 2. The molecule has 2 N–H and O–H groups in total. The summed E-state index contributed by atoms with van der Waals surface area (Å²) in [5.74, 6) is -2.11. The number of pyridine rings is 1. The molecule has 0 aliphatic heterocycles. The van der Waals surface area contributed by atoms with Gasteiger partial charge in [-0.15, -0.1) is 0 Å². The minimum Gasteiger partial charge on any atom is -0.478 e. The Labute approximate surface area is 124 Å². The van der Waals surface area contributed by atoms with Crippen molar-refractivity contribution in [1.82, 2.24) is 14.8 Å². The van der Waals surface area contributed by atoms with Crippen LogP contribution in [0.4, 0.5) is 0 Å². The van der Waals surface area contributed by atoms with Gasteiger partial charge >= 0.3 is 11.9 Å². The zero-order chi connectivity index (χ0) is 15.7. The van der Waals surface area contributed by atoms with Crippen LogP contribution in [-0.4, -0.2) is 36.9 Å². The zero-order valence-electron chi connectivity index (χ0n) is 11.3. The van der Waals surface area contributed by atoms with Gasteiger partial charge in [-0.05, 0) is 29.8 Å². The van der Waals surface area contributed by atoms with Crippen molar-refractivity contribution < 1.29 is 19.8 Å². The van der Waals surface area contributed by atoms with Gasteiger partial charge in [-0.3, -0.25) is 0 Å². The number of carboxylic acid groups (broad SMARTS) is 2. The predicted molar refractivity (Wildman–Crippen MR) is 77.0 cm³/mol. The van der Waals surface area contributed by atoms with Crippen LogP contribution in [0.2, 0.25) is 0 Å². The third-order valence-electron chi connectivity index (χ3n) is 3.24. The monoisotopic (exact) mass is 297 g/mol. The molecule has 0 aliphatic rings. The van der Waals surface area contributed by atoms with Gasteiger partial charge < -0.3 is 10.2 Å². The van der Waals surface area contributed by atoms with Crippen molar-refractivity contribution in [1.29, 1.82) is 0 Å². The molecule has 22 heavy (non-hydrogen) atoms. The second-order valence-electron chi connectivity index (χ2n) is 4.69. The number of fused-ring (bicyclic) bond motifs is 1. The highest BCUT2D eigenvalue weighted by Crippen LogP contribution is 2.17. The summed E-state index contributed by atoms with van der Waals surface area (Å²) in [7, 11) is 0. The van der Waals surface area contributed by atoms with Gasteiger partial charge in [0.1, 0.15) is 0 Å². The lowest BCUT2D eigenvalue weighted by molar-refractivity contribution is 0.0683. The van der Waals surface area contributed by atoms with E-state index in [2.05, 4.69) is 10.1 Å². The Morgan fingerprint density at radius 1 is 1.05 bits per heavy atom. The van der Waals surface area contributed by atoms with Crippen LogP contribution in [-0.2, 0) is 6.54 Å². The molecule has 0 fully saturated rings. The minimum absolute atomic E-state index is 0.0507. The van der Waals surface area contributed by atoms with Crippen LogP contribution in [0.1, 0.15) is 26.4 Å². The highest BCUT2D eigenvalue weighted by Gasteiger charge is 2.17. The quantitative estimate of drug-likeness (QED) is 0.761. The van der Waals surface area contributed by atoms with Gasteiger partial charge in [-0.2, -0.15) is 5.10 Å². The molecule has 2 aromatic heterocycles. The highest BCUT2D eigenvalue weighted by atomic mass is 16.4. The fraction of sp³-hybridized carbons (Fsp3) is 0.0667. The third-order valence-corrected chi connectivity index (χ3v) is 3.24. The molecule has 0 atom stereocenters. The first kappa shape index (κ1) is 13.7. The molecule has 0 unspecified atom stereocenters. The van der Waals surface area contributed by atoms with Gasteiger partial charge in [0.15, 0.2) is 11.3 Å².